The predicted octanol–water partition coefficient (Wildman–Crippen LogP) is 3.67. The first-order valence-corrected chi connectivity index (χ1v) is 7.05. The summed E-state index contributed by atoms with van der Waals surface area (Å²) in [6.07, 6.45) is 1.93. The van der Waals surface area contributed by atoms with Crippen molar-refractivity contribution in [1.29, 1.82) is 0 Å². The fourth-order valence-corrected chi connectivity index (χ4v) is 3.34. The first-order valence-electron chi connectivity index (χ1n) is 5.35. The minimum absolute atomic E-state index is 0.407. The number of hydrogen-bond acceptors (Lipinski definition) is 4. The zero-order valence-corrected chi connectivity index (χ0v) is 11.4. The minimum atomic E-state index is 0.407. The summed E-state index contributed by atoms with van der Waals surface area (Å²) in [7, 11) is 0. The molecule has 0 spiro atoms. The lowest BCUT2D eigenvalue weighted by Crippen LogP contribution is -2.17. The van der Waals surface area contributed by atoms with E-state index in [0.717, 1.165) is 6.54 Å². The second-order valence-corrected chi connectivity index (χ2v) is 6.20. The van der Waals surface area contributed by atoms with Crippen LogP contribution < -0.4 is 5.32 Å². The Morgan fingerprint density at radius 1 is 1.44 bits per heavy atom. The number of thiazole rings is 1. The summed E-state index contributed by atoms with van der Waals surface area (Å²) in [5, 5.41) is 6.83. The minimum Gasteiger partial charge on any atom is -0.303 e. The van der Waals surface area contributed by atoms with Gasteiger partial charge in [0.15, 0.2) is 0 Å². The Bertz CT molecular complexity index is 459. The molecule has 0 amide bonds. The number of nitrogens with zero attached hydrogens (tertiary/aromatic N) is 1. The second kappa shape index (κ2) is 5.08. The van der Waals surface area contributed by atoms with Crippen molar-refractivity contribution >= 4 is 22.7 Å². The number of rotatable bonds is 4. The van der Waals surface area contributed by atoms with Crippen molar-refractivity contribution in [2.75, 3.05) is 0 Å². The molecular formula is C12H16N2S2. The summed E-state index contributed by atoms with van der Waals surface area (Å²) in [5.74, 6) is 0. The van der Waals surface area contributed by atoms with Crippen LogP contribution in [0.25, 0.3) is 0 Å². The van der Waals surface area contributed by atoms with Crippen molar-refractivity contribution in [2.24, 2.45) is 0 Å². The van der Waals surface area contributed by atoms with Gasteiger partial charge in [0.1, 0.15) is 5.01 Å². The van der Waals surface area contributed by atoms with Crippen molar-refractivity contribution in [3.05, 3.63) is 38.0 Å². The zero-order chi connectivity index (χ0) is 11.5. The molecular weight excluding hydrogens is 236 g/mol. The van der Waals surface area contributed by atoms with E-state index in [9.17, 15) is 0 Å². The smallest absolute Gasteiger partial charge is 0.107 e. The summed E-state index contributed by atoms with van der Waals surface area (Å²) in [4.78, 5) is 7.05. The van der Waals surface area contributed by atoms with Crippen LogP contribution in [0.2, 0.25) is 0 Å². The van der Waals surface area contributed by atoms with E-state index in [-0.39, 0.29) is 0 Å². The molecule has 0 saturated heterocycles. The lowest BCUT2D eigenvalue weighted by molar-refractivity contribution is 0.579. The zero-order valence-electron chi connectivity index (χ0n) is 9.78. The van der Waals surface area contributed by atoms with E-state index < -0.39 is 0 Å². The van der Waals surface area contributed by atoms with Crippen LogP contribution in [0, 0.1) is 13.8 Å². The Hall–Kier alpha value is -0.710. The molecule has 1 N–H and O–H groups in total. The standard InChI is InChI=1S/C12H16N2S2/c1-8-4-5-15-12(8)10(3)13-7-11-14-6-9(2)16-11/h4-6,10,13H,7H2,1-3H3. The van der Waals surface area contributed by atoms with Gasteiger partial charge in [-0.15, -0.1) is 22.7 Å². The third-order valence-electron chi connectivity index (χ3n) is 2.52. The highest BCUT2D eigenvalue weighted by molar-refractivity contribution is 7.11. The van der Waals surface area contributed by atoms with Gasteiger partial charge < -0.3 is 5.32 Å². The average molecular weight is 252 g/mol. The van der Waals surface area contributed by atoms with Crippen LogP contribution in [-0.2, 0) is 6.54 Å². The number of nitrogens with one attached hydrogen (secondary N) is 1. The second-order valence-electron chi connectivity index (χ2n) is 3.94. The molecule has 2 heterocycles. The summed E-state index contributed by atoms with van der Waals surface area (Å²) in [5.41, 5.74) is 1.38. The lowest BCUT2D eigenvalue weighted by atomic mass is 10.2. The van der Waals surface area contributed by atoms with Gasteiger partial charge >= 0.3 is 0 Å². The van der Waals surface area contributed by atoms with E-state index in [2.05, 4.69) is 42.5 Å². The van der Waals surface area contributed by atoms with Gasteiger partial charge in [0, 0.05) is 28.5 Å². The molecule has 0 fully saturated rings. The molecule has 2 rings (SSSR count). The molecule has 2 nitrogen and oxygen atoms in total. The first-order chi connectivity index (χ1) is 7.66. The van der Waals surface area contributed by atoms with Crippen LogP contribution in [0.1, 0.15) is 33.3 Å². The average Bonchev–Trinajstić information content (AvgIpc) is 2.84. The van der Waals surface area contributed by atoms with Crippen LogP contribution in [-0.4, -0.2) is 4.98 Å². The van der Waals surface area contributed by atoms with Gasteiger partial charge in [-0.1, -0.05) is 0 Å². The quantitative estimate of drug-likeness (QED) is 0.898. The van der Waals surface area contributed by atoms with E-state index in [1.807, 2.05) is 17.5 Å². The first kappa shape index (κ1) is 11.8. The highest BCUT2D eigenvalue weighted by Gasteiger charge is 2.09. The van der Waals surface area contributed by atoms with Crippen molar-refractivity contribution in [3.63, 3.8) is 0 Å². The molecule has 2 aromatic heterocycles. The number of hydrogen-bond donors (Lipinski definition) is 1. The Labute approximate surface area is 104 Å². The molecule has 1 atom stereocenters. The normalized spacial score (nSPS) is 12.9. The van der Waals surface area contributed by atoms with Crippen molar-refractivity contribution in [1.82, 2.24) is 10.3 Å². The number of aryl methyl sites for hydroxylation is 2. The van der Waals surface area contributed by atoms with Crippen molar-refractivity contribution in [3.8, 4) is 0 Å². The molecule has 0 saturated carbocycles. The fourth-order valence-electron chi connectivity index (χ4n) is 1.64. The molecule has 1 unspecified atom stereocenters. The fraction of sp³-hybridized carbons (Fsp3) is 0.417. The predicted molar refractivity (Wildman–Crippen MR) is 71.2 cm³/mol. The van der Waals surface area contributed by atoms with Crippen LogP contribution >= 0.6 is 22.7 Å². The molecule has 86 valence electrons. The summed E-state index contributed by atoms with van der Waals surface area (Å²) >= 11 is 3.58. The van der Waals surface area contributed by atoms with Gasteiger partial charge in [-0.2, -0.15) is 0 Å². The largest absolute Gasteiger partial charge is 0.303 e. The summed E-state index contributed by atoms with van der Waals surface area (Å²) < 4.78 is 0. The molecule has 0 bridgehead atoms. The number of thiophene rings is 1. The van der Waals surface area contributed by atoms with Gasteiger partial charge in [-0.25, -0.2) is 4.98 Å². The molecule has 0 aliphatic rings. The maximum atomic E-state index is 4.35. The van der Waals surface area contributed by atoms with Crippen LogP contribution in [0.4, 0.5) is 0 Å². The lowest BCUT2D eigenvalue weighted by Gasteiger charge is -2.12. The highest BCUT2D eigenvalue weighted by atomic mass is 32.1. The van der Waals surface area contributed by atoms with Crippen LogP contribution in [0.15, 0.2) is 17.6 Å². The van der Waals surface area contributed by atoms with Crippen molar-refractivity contribution in [2.45, 2.75) is 33.4 Å². The van der Waals surface area contributed by atoms with Gasteiger partial charge in [-0.3, -0.25) is 0 Å². The Kier molecular flexibility index (Phi) is 3.74. The summed E-state index contributed by atoms with van der Waals surface area (Å²) in [6, 6.07) is 2.58. The van der Waals surface area contributed by atoms with E-state index >= 15 is 0 Å². The third kappa shape index (κ3) is 2.70. The van der Waals surface area contributed by atoms with Gasteiger partial charge in [0.25, 0.3) is 0 Å². The monoisotopic (exact) mass is 252 g/mol. The Morgan fingerprint density at radius 2 is 2.25 bits per heavy atom. The molecule has 0 radical (unpaired) electrons. The highest BCUT2D eigenvalue weighted by Crippen LogP contribution is 2.23. The van der Waals surface area contributed by atoms with Gasteiger partial charge in [0.2, 0.25) is 0 Å². The summed E-state index contributed by atoms with van der Waals surface area (Å²) in [6.45, 7) is 7.32. The van der Waals surface area contributed by atoms with E-state index in [0.29, 0.717) is 6.04 Å². The third-order valence-corrected chi connectivity index (χ3v) is 4.64. The Balaban J connectivity index is 1.93. The number of aromatic nitrogens is 1. The Morgan fingerprint density at radius 3 is 2.81 bits per heavy atom. The molecule has 0 aromatic carbocycles. The maximum absolute atomic E-state index is 4.35. The van der Waals surface area contributed by atoms with E-state index in [1.54, 1.807) is 11.3 Å². The van der Waals surface area contributed by atoms with Crippen LogP contribution in [0.3, 0.4) is 0 Å². The van der Waals surface area contributed by atoms with E-state index in [4.69, 9.17) is 0 Å². The van der Waals surface area contributed by atoms with Crippen LogP contribution in [0.5, 0.6) is 0 Å². The van der Waals surface area contributed by atoms with Gasteiger partial charge in [0.05, 0.1) is 0 Å². The molecule has 4 heteroatoms. The van der Waals surface area contributed by atoms with E-state index in [1.165, 1.54) is 20.3 Å². The molecule has 0 aliphatic carbocycles. The molecule has 16 heavy (non-hydrogen) atoms. The van der Waals surface area contributed by atoms with Gasteiger partial charge in [-0.05, 0) is 37.8 Å². The molecule has 2 aromatic rings. The topological polar surface area (TPSA) is 24.9 Å². The maximum Gasteiger partial charge on any atom is 0.107 e. The molecule has 0 aliphatic heterocycles. The van der Waals surface area contributed by atoms with Crippen molar-refractivity contribution < 1.29 is 0 Å². The SMILES string of the molecule is Cc1cnc(CNC(C)c2sccc2C)s1.